The van der Waals surface area contributed by atoms with E-state index in [1.807, 2.05) is 0 Å². The average Bonchev–Trinajstić information content (AvgIpc) is 2.81. The predicted octanol–water partition coefficient (Wildman–Crippen LogP) is 0.243. The molecular formula is C10H16N6O3. The van der Waals surface area contributed by atoms with Crippen molar-refractivity contribution in [1.82, 2.24) is 9.97 Å². The van der Waals surface area contributed by atoms with E-state index in [0.29, 0.717) is 18.9 Å². The highest BCUT2D eigenvalue weighted by Gasteiger charge is 2.26. The molecule has 1 saturated carbocycles. The predicted molar refractivity (Wildman–Crippen MR) is 68.3 cm³/mol. The van der Waals surface area contributed by atoms with Crippen molar-refractivity contribution in [2.45, 2.75) is 25.4 Å². The van der Waals surface area contributed by atoms with Gasteiger partial charge < -0.3 is 15.8 Å². The normalized spacial score (nSPS) is 22.2. The summed E-state index contributed by atoms with van der Waals surface area (Å²) in [6.45, 7) is 0.527. The molecule has 2 unspecified atom stereocenters. The molecule has 1 fully saturated rings. The number of nitrogens with two attached hydrogens (primary N) is 1. The van der Waals surface area contributed by atoms with Crippen LogP contribution in [0.1, 0.15) is 19.3 Å². The first-order valence-electron chi connectivity index (χ1n) is 5.99. The number of nitro groups is 1. The summed E-state index contributed by atoms with van der Waals surface area (Å²) in [6, 6.07) is 0. The van der Waals surface area contributed by atoms with E-state index in [1.54, 1.807) is 0 Å². The smallest absolute Gasteiger partial charge is 0.354 e. The van der Waals surface area contributed by atoms with Crippen molar-refractivity contribution >= 4 is 17.3 Å². The van der Waals surface area contributed by atoms with Gasteiger partial charge in [0.25, 0.3) is 0 Å². The number of aliphatic hydroxyl groups is 1. The molecule has 0 amide bonds. The summed E-state index contributed by atoms with van der Waals surface area (Å²) >= 11 is 0. The van der Waals surface area contributed by atoms with Crippen LogP contribution in [0.3, 0.4) is 0 Å². The van der Waals surface area contributed by atoms with E-state index in [0.717, 1.165) is 12.8 Å². The van der Waals surface area contributed by atoms with E-state index in [4.69, 9.17) is 5.84 Å². The fourth-order valence-corrected chi connectivity index (χ4v) is 2.26. The Kier molecular flexibility index (Phi) is 4.07. The summed E-state index contributed by atoms with van der Waals surface area (Å²) in [4.78, 5) is 18.0. The van der Waals surface area contributed by atoms with Crippen molar-refractivity contribution < 1.29 is 10.0 Å². The largest absolute Gasteiger partial charge is 0.393 e. The summed E-state index contributed by atoms with van der Waals surface area (Å²) in [6.07, 6.45) is 3.30. The number of anilines is 2. The van der Waals surface area contributed by atoms with Crippen LogP contribution < -0.4 is 16.6 Å². The quantitative estimate of drug-likeness (QED) is 0.338. The van der Waals surface area contributed by atoms with Gasteiger partial charge in [-0.3, -0.25) is 10.1 Å². The summed E-state index contributed by atoms with van der Waals surface area (Å²) in [5, 5.41) is 23.4. The van der Waals surface area contributed by atoms with Gasteiger partial charge in [-0.2, -0.15) is 0 Å². The number of aromatic nitrogens is 2. The Morgan fingerprint density at radius 3 is 2.79 bits per heavy atom. The van der Waals surface area contributed by atoms with Crippen molar-refractivity contribution in [2.75, 3.05) is 17.3 Å². The summed E-state index contributed by atoms with van der Waals surface area (Å²) in [7, 11) is 0. The van der Waals surface area contributed by atoms with Gasteiger partial charge in [0.15, 0.2) is 0 Å². The Hall–Kier alpha value is -2.00. The molecule has 2 atom stereocenters. The van der Waals surface area contributed by atoms with Crippen LogP contribution in [-0.4, -0.2) is 32.6 Å². The number of hydrogen-bond donors (Lipinski definition) is 4. The maximum absolute atomic E-state index is 11.0. The minimum Gasteiger partial charge on any atom is -0.393 e. The fraction of sp³-hybridized carbons (Fsp3) is 0.600. The zero-order chi connectivity index (χ0) is 13.8. The molecule has 2 rings (SSSR count). The first-order valence-corrected chi connectivity index (χ1v) is 5.99. The average molecular weight is 268 g/mol. The molecule has 5 N–H and O–H groups in total. The van der Waals surface area contributed by atoms with E-state index < -0.39 is 4.92 Å². The summed E-state index contributed by atoms with van der Waals surface area (Å²) < 4.78 is 0. The Morgan fingerprint density at radius 2 is 2.21 bits per heavy atom. The Bertz CT molecular complexity index is 469. The molecule has 104 valence electrons. The molecule has 9 nitrogen and oxygen atoms in total. The topological polar surface area (TPSA) is 139 Å². The highest BCUT2D eigenvalue weighted by atomic mass is 16.6. The molecule has 0 saturated heterocycles. The maximum atomic E-state index is 11.0. The van der Waals surface area contributed by atoms with Gasteiger partial charge in [0.1, 0.15) is 6.33 Å². The minimum absolute atomic E-state index is 0.0334. The molecule has 0 spiro atoms. The molecule has 1 aromatic heterocycles. The molecule has 19 heavy (non-hydrogen) atoms. The van der Waals surface area contributed by atoms with Gasteiger partial charge in [0.2, 0.25) is 11.6 Å². The van der Waals surface area contributed by atoms with Crippen LogP contribution in [-0.2, 0) is 0 Å². The van der Waals surface area contributed by atoms with Crippen LogP contribution >= 0.6 is 0 Å². The lowest BCUT2D eigenvalue weighted by molar-refractivity contribution is -0.383. The second kappa shape index (κ2) is 5.76. The molecule has 1 aliphatic rings. The fourth-order valence-electron chi connectivity index (χ4n) is 2.26. The number of rotatable bonds is 5. The SMILES string of the molecule is NNc1ncnc(NCC2CCC(O)C2)c1[N+](=O)[O-]. The van der Waals surface area contributed by atoms with Crippen molar-refractivity contribution in [1.29, 1.82) is 0 Å². The van der Waals surface area contributed by atoms with Gasteiger partial charge in [-0.15, -0.1) is 0 Å². The van der Waals surface area contributed by atoms with Crippen LogP contribution in [0.2, 0.25) is 0 Å². The lowest BCUT2D eigenvalue weighted by atomic mass is 10.1. The van der Waals surface area contributed by atoms with Gasteiger partial charge in [0, 0.05) is 6.54 Å². The third kappa shape index (κ3) is 3.06. The number of nitrogen functional groups attached to an aromatic ring is 1. The molecule has 0 radical (unpaired) electrons. The van der Waals surface area contributed by atoms with Gasteiger partial charge >= 0.3 is 5.69 Å². The van der Waals surface area contributed by atoms with Gasteiger partial charge in [-0.05, 0) is 25.2 Å². The van der Waals surface area contributed by atoms with E-state index in [1.165, 1.54) is 6.33 Å². The van der Waals surface area contributed by atoms with E-state index in [-0.39, 0.29) is 23.4 Å². The molecular weight excluding hydrogens is 252 g/mol. The molecule has 1 heterocycles. The number of hydrazine groups is 1. The Morgan fingerprint density at radius 1 is 1.47 bits per heavy atom. The molecule has 1 aromatic rings. The zero-order valence-corrected chi connectivity index (χ0v) is 10.2. The maximum Gasteiger partial charge on any atom is 0.354 e. The molecule has 0 aliphatic heterocycles. The number of nitrogens with zero attached hydrogens (tertiary/aromatic N) is 3. The van der Waals surface area contributed by atoms with Crippen molar-refractivity contribution in [3.05, 3.63) is 16.4 Å². The summed E-state index contributed by atoms with van der Waals surface area (Å²) in [5.74, 6) is 5.58. The Labute approximate surface area is 109 Å². The van der Waals surface area contributed by atoms with Crippen LogP contribution in [0.5, 0.6) is 0 Å². The van der Waals surface area contributed by atoms with Crippen molar-refractivity contribution in [2.24, 2.45) is 11.8 Å². The monoisotopic (exact) mass is 268 g/mol. The van der Waals surface area contributed by atoms with E-state index >= 15 is 0 Å². The number of aliphatic hydroxyl groups excluding tert-OH is 1. The highest BCUT2D eigenvalue weighted by Crippen LogP contribution is 2.30. The Balaban J connectivity index is 2.09. The molecule has 0 bridgehead atoms. The summed E-state index contributed by atoms with van der Waals surface area (Å²) in [5.41, 5.74) is 1.91. The van der Waals surface area contributed by atoms with Gasteiger partial charge in [-0.1, -0.05) is 0 Å². The van der Waals surface area contributed by atoms with Crippen molar-refractivity contribution in [3.63, 3.8) is 0 Å². The van der Waals surface area contributed by atoms with E-state index in [9.17, 15) is 15.2 Å². The van der Waals surface area contributed by atoms with Crippen molar-refractivity contribution in [3.8, 4) is 0 Å². The van der Waals surface area contributed by atoms with Gasteiger partial charge in [-0.25, -0.2) is 15.8 Å². The minimum atomic E-state index is -0.582. The standard InChI is InChI=1S/C10H16N6O3/c11-15-10-8(16(18)19)9(13-5-14-10)12-4-6-1-2-7(17)3-6/h5-7,17H,1-4,11H2,(H2,12,13,14,15). The number of hydrogen-bond acceptors (Lipinski definition) is 8. The highest BCUT2D eigenvalue weighted by molar-refractivity contribution is 5.68. The van der Waals surface area contributed by atoms with Crippen LogP contribution in [0, 0.1) is 16.0 Å². The first-order chi connectivity index (χ1) is 9.11. The second-order valence-corrected chi connectivity index (χ2v) is 4.53. The van der Waals surface area contributed by atoms with Crippen LogP contribution in [0.15, 0.2) is 6.33 Å². The third-order valence-electron chi connectivity index (χ3n) is 3.21. The first kappa shape index (κ1) is 13.4. The second-order valence-electron chi connectivity index (χ2n) is 4.53. The zero-order valence-electron chi connectivity index (χ0n) is 10.2. The van der Waals surface area contributed by atoms with Gasteiger partial charge in [0.05, 0.1) is 11.0 Å². The molecule has 9 heteroatoms. The van der Waals surface area contributed by atoms with Crippen LogP contribution in [0.4, 0.5) is 17.3 Å². The van der Waals surface area contributed by atoms with E-state index in [2.05, 4.69) is 20.7 Å². The number of nitrogens with one attached hydrogen (secondary N) is 2. The lowest BCUT2D eigenvalue weighted by Gasteiger charge is -2.12. The molecule has 1 aliphatic carbocycles. The molecule has 0 aromatic carbocycles. The van der Waals surface area contributed by atoms with Crippen LogP contribution in [0.25, 0.3) is 0 Å². The lowest BCUT2D eigenvalue weighted by Crippen LogP contribution is -2.17. The third-order valence-corrected chi connectivity index (χ3v) is 3.21.